The molecule has 4 aliphatic carbocycles. The number of hydrogen-bond donors (Lipinski definition) is 1. The fourth-order valence-corrected chi connectivity index (χ4v) is 8.80. The number of carbonyl (C=O) groups excluding carboxylic acids is 2. The van der Waals surface area contributed by atoms with Crippen molar-refractivity contribution in [1.29, 1.82) is 0 Å². The minimum absolute atomic E-state index is 0.0296. The molecule has 4 saturated carbocycles. The number of fused-ring (bicyclic) bond motifs is 2. The second-order valence-electron chi connectivity index (χ2n) is 12.0. The first kappa shape index (κ1) is 23.0. The molecule has 6 nitrogen and oxygen atoms in total. The molecule has 7 heteroatoms. The van der Waals surface area contributed by atoms with E-state index in [1.54, 1.807) is 6.07 Å². The number of halogens is 1. The van der Waals surface area contributed by atoms with Crippen LogP contribution in [0.1, 0.15) is 57.9 Å². The van der Waals surface area contributed by atoms with Crippen LogP contribution in [0.2, 0.25) is 0 Å². The second kappa shape index (κ2) is 7.32. The zero-order valence-corrected chi connectivity index (χ0v) is 20.3. The number of rotatable bonds is 3. The fourth-order valence-electron chi connectivity index (χ4n) is 8.80. The highest BCUT2D eigenvalue weighted by Gasteiger charge is 2.83. The molecular weight excluding hydrogens is 449 g/mol. The van der Waals surface area contributed by atoms with Crippen LogP contribution in [0.15, 0.2) is 36.6 Å². The largest absolute Gasteiger partial charge is 0.457 e. The summed E-state index contributed by atoms with van der Waals surface area (Å²) in [5.74, 6) is -3.42. The standard InChI is InChI=1S/C28H32FNO5/c1-16-18-6-7-19-26-11-4-10-25(2,3)20(26)14-27(33,34-15-26)28(19,23(16)32)24(18)35-22(31)8-5-17-9-12-30-21(29)13-17/h5,8-9,12-13,18-20,24,33H,1,4,6-7,10-11,14-15H2,2-3H3/b8-5+/t18-,19-,20+,24+,26+,27+,28-/m0/s1. The van der Waals surface area contributed by atoms with Crippen molar-refractivity contribution in [2.75, 3.05) is 6.61 Å². The Morgan fingerprint density at radius 1 is 1.31 bits per heavy atom. The van der Waals surface area contributed by atoms with Gasteiger partial charge in [0.15, 0.2) is 11.6 Å². The molecular formula is C28H32FNO5. The molecule has 0 amide bonds. The molecule has 2 spiro atoms. The average molecular weight is 482 g/mol. The summed E-state index contributed by atoms with van der Waals surface area (Å²) in [6.45, 7) is 9.06. The van der Waals surface area contributed by atoms with Gasteiger partial charge in [0.1, 0.15) is 11.5 Å². The van der Waals surface area contributed by atoms with Crippen molar-refractivity contribution in [2.24, 2.45) is 34.0 Å². The summed E-state index contributed by atoms with van der Waals surface area (Å²) in [4.78, 5) is 30.5. The first-order valence-electron chi connectivity index (χ1n) is 12.7. The molecule has 1 aromatic rings. The fraction of sp³-hybridized carbons (Fsp3) is 0.607. The van der Waals surface area contributed by atoms with Crippen molar-refractivity contribution in [2.45, 2.75) is 64.3 Å². The highest BCUT2D eigenvalue weighted by atomic mass is 19.1. The van der Waals surface area contributed by atoms with Crippen LogP contribution in [0.25, 0.3) is 6.08 Å². The Morgan fingerprint density at radius 2 is 2.11 bits per heavy atom. The van der Waals surface area contributed by atoms with Crippen LogP contribution in [0.4, 0.5) is 4.39 Å². The highest BCUT2D eigenvalue weighted by molar-refractivity contribution is 6.05. The summed E-state index contributed by atoms with van der Waals surface area (Å²) in [6.07, 6.45) is 8.10. The van der Waals surface area contributed by atoms with E-state index in [0.29, 0.717) is 30.6 Å². The molecule has 6 fully saturated rings. The number of Topliss-reactive ketones (excluding diaryl/α,β-unsaturated/α-hetero) is 1. The van der Waals surface area contributed by atoms with E-state index in [2.05, 4.69) is 25.4 Å². The molecule has 0 unspecified atom stereocenters. The van der Waals surface area contributed by atoms with Gasteiger partial charge in [-0.25, -0.2) is 9.78 Å². The molecule has 2 saturated heterocycles. The third kappa shape index (κ3) is 2.85. The van der Waals surface area contributed by atoms with Crippen molar-refractivity contribution in [3.8, 4) is 0 Å². The number of ether oxygens (including phenoxy) is 2. The van der Waals surface area contributed by atoms with Gasteiger partial charge < -0.3 is 14.6 Å². The molecule has 186 valence electrons. The lowest BCUT2D eigenvalue weighted by Crippen LogP contribution is -2.78. The number of carbonyl (C=O) groups is 2. The van der Waals surface area contributed by atoms with Gasteiger partial charge in [0.25, 0.3) is 0 Å². The van der Waals surface area contributed by atoms with Gasteiger partial charge in [-0.05, 0) is 66.2 Å². The summed E-state index contributed by atoms with van der Waals surface area (Å²) >= 11 is 0. The van der Waals surface area contributed by atoms with Gasteiger partial charge in [0.05, 0.1) is 6.61 Å². The molecule has 7 rings (SSSR count). The summed E-state index contributed by atoms with van der Waals surface area (Å²) in [5.41, 5.74) is -0.629. The molecule has 7 atom stereocenters. The monoisotopic (exact) mass is 481 g/mol. The van der Waals surface area contributed by atoms with Crippen molar-refractivity contribution in [3.63, 3.8) is 0 Å². The minimum atomic E-state index is -1.70. The SMILES string of the molecule is C=C1C(=O)[C@]23[C@H](OC(=O)/C=C/c4ccnc(F)c4)[C@H]1CC[C@H]2[C@]12CCCC(C)(C)[C@H]1C[C@@]3(O)OC2. The molecule has 6 aliphatic rings. The lowest BCUT2D eigenvalue weighted by molar-refractivity contribution is -0.414. The Labute approximate surface area is 204 Å². The van der Waals surface area contributed by atoms with Gasteiger partial charge >= 0.3 is 5.97 Å². The van der Waals surface area contributed by atoms with Crippen LogP contribution in [-0.4, -0.2) is 40.3 Å². The average Bonchev–Trinajstić information content (AvgIpc) is 2.92. The Morgan fingerprint density at radius 3 is 2.89 bits per heavy atom. The number of hydrogen-bond acceptors (Lipinski definition) is 6. The summed E-state index contributed by atoms with van der Waals surface area (Å²) in [7, 11) is 0. The quantitative estimate of drug-likeness (QED) is 0.395. The van der Waals surface area contributed by atoms with Gasteiger partial charge in [-0.15, -0.1) is 0 Å². The maximum Gasteiger partial charge on any atom is 0.331 e. The maximum absolute atomic E-state index is 14.0. The summed E-state index contributed by atoms with van der Waals surface area (Å²) < 4.78 is 25.7. The van der Waals surface area contributed by atoms with Crippen LogP contribution in [0, 0.1) is 39.9 Å². The summed E-state index contributed by atoms with van der Waals surface area (Å²) in [5, 5.41) is 12.1. The number of pyridine rings is 1. The first-order chi connectivity index (χ1) is 16.5. The van der Waals surface area contributed by atoms with Crippen LogP contribution < -0.4 is 0 Å². The van der Waals surface area contributed by atoms with Crippen LogP contribution >= 0.6 is 0 Å². The van der Waals surface area contributed by atoms with E-state index in [1.807, 2.05) is 0 Å². The predicted molar refractivity (Wildman–Crippen MR) is 125 cm³/mol. The van der Waals surface area contributed by atoms with Crippen molar-refractivity contribution in [1.82, 2.24) is 4.98 Å². The van der Waals surface area contributed by atoms with Crippen molar-refractivity contribution in [3.05, 3.63) is 48.1 Å². The van der Waals surface area contributed by atoms with E-state index in [9.17, 15) is 19.1 Å². The Hall–Kier alpha value is -2.38. The van der Waals surface area contributed by atoms with E-state index in [1.165, 1.54) is 24.4 Å². The van der Waals surface area contributed by atoms with Crippen LogP contribution in [-0.2, 0) is 19.1 Å². The number of ketones is 1. The zero-order valence-electron chi connectivity index (χ0n) is 20.3. The maximum atomic E-state index is 14.0. The van der Waals surface area contributed by atoms with Crippen molar-refractivity contribution >= 4 is 17.8 Å². The highest BCUT2D eigenvalue weighted by Crippen LogP contribution is 2.76. The third-order valence-corrected chi connectivity index (χ3v) is 10.2. The van der Waals surface area contributed by atoms with Gasteiger partial charge in [-0.1, -0.05) is 26.8 Å². The van der Waals surface area contributed by atoms with E-state index in [-0.39, 0.29) is 34.4 Å². The Bertz CT molecular complexity index is 1160. The lowest BCUT2D eigenvalue weighted by atomic mass is 9.37. The molecule has 1 N–H and O–H groups in total. The van der Waals surface area contributed by atoms with Gasteiger partial charge in [0, 0.05) is 36.1 Å². The normalized spacial score (nSPS) is 43.2. The van der Waals surface area contributed by atoms with Crippen LogP contribution in [0.5, 0.6) is 0 Å². The number of aromatic nitrogens is 1. The Kier molecular flexibility index (Phi) is 4.82. The zero-order chi connectivity index (χ0) is 24.8. The van der Waals surface area contributed by atoms with Crippen LogP contribution in [0.3, 0.4) is 0 Å². The molecule has 2 aliphatic heterocycles. The molecule has 0 aromatic carbocycles. The van der Waals surface area contributed by atoms with E-state index in [4.69, 9.17) is 9.47 Å². The van der Waals surface area contributed by atoms with Crippen molar-refractivity contribution < 1.29 is 28.6 Å². The van der Waals surface area contributed by atoms with Gasteiger partial charge in [0.2, 0.25) is 5.95 Å². The first-order valence-corrected chi connectivity index (χ1v) is 12.7. The molecule has 1 aromatic heterocycles. The topological polar surface area (TPSA) is 85.7 Å². The molecule has 4 bridgehead atoms. The number of aliphatic hydroxyl groups is 1. The Balaban J connectivity index is 1.39. The molecule has 35 heavy (non-hydrogen) atoms. The molecule has 0 radical (unpaired) electrons. The number of nitrogens with zero attached hydrogens (tertiary/aromatic N) is 1. The third-order valence-electron chi connectivity index (χ3n) is 10.2. The van der Waals surface area contributed by atoms with Gasteiger partial charge in [-0.2, -0.15) is 4.39 Å². The predicted octanol–water partition coefficient (Wildman–Crippen LogP) is 4.23. The summed E-state index contributed by atoms with van der Waals surface area (Å²) in [6, 6.07) is 2.80. The minimum Gasteiger partial charge on any atom is -0.457 e. The van der Waals surface area contributed by atoms with E-state index < -0.39 is 29.2 Å². The lowest BCUT2D eigenvalue weighted by Gasteiger charge is -2.72. The smallest absolute Gasteiger partial charge is 0.331 e. The van der Waals surface area contributed by atoms with Gasteiger partial charge in [-0.3, -0.25) is 4.79 Å². The van der Waals surface area contributed by atoms with E-state index >= 15 is 0 Å². The number of esters is 1. The van der Waals surface area contributed by atoms with E-state index in [0.717, 1.165) is 25.7 Å². The second-order valence-corrected chi connectivity index (χ2v) is 12.0. The molecule has 3 heterocycles.